The summed E-state index contributed by atoms with van der Waals surface area (Å²) in [4.78, 5) is 22.7. The Bertz CT molecular complexity index is 697. The summed E-state index contributed by atoms with van der Waals surface area (Å²) in [6, 6.07) is 7.61. The Morgan fingerprint density at radius 2 is 2.08 bits per heavy atom. The Labute approximate surface area is 141 Å². The summed E-state index contributed by atoms with van der Waals surface area (Å²) in [5.41, 5.74) is 1.89. The van der Waals surface area contributed by atoms with Crippen molar-refractivity contribution in [3.63, 3.8) is 0 Å². The standard InChI is InChI=1S/C18H20N4O2/c23-17(6-5-15-3-1-7-19-13-15)21-14-16-4-2-8-20-18(16)22-9-11-24-12-10-22/h1-8,13H,9-12,14H2,(H,21,23)/b6-5+. The van der Waals surface area contributed by atoms with Gasteiger partial charge in [-0.05, 0) is 23.8 Å². The minimum Gasteiger partial charge on any atom is -0.378 e. The van der Waals surface area contributed by atoms with Crippen molar-refractivity contribution in [2.45, 2.75) is 6.54 Å². The van der Waals surface area contributed by atoms with E-state index in [9.17, 15) is 4.79 Å². The van der Waals surface area contributed by atoms with Crippen LogP contribution < -0.4 is 10.2 Å². The Balaban J connectivity index is 1.60. The predicted molar refractivity (Wildman–Crippen MR) is 92.4 cm³/mol. The van der Waals surface area contributed by atoms with Gasteiger partial charge in [0.2, 0.25) is 5.91 Å². The first-order chi connectivity index (χ1) is 11.8. The Morgan fingerprint density at radius 1 is 1.25 bits per heavy atom. The molecule has 1 fully saturated rings. The number of amides is 1. The zero-order valence-corrected chi connectivity index (χ0v) is 13.4. The van der Waals surface area contributed by atoms with E-state index in [1.165, 1.54) is 6.08 Å². The van der Waals surface area contributed by atoms with Gasteiger partial charge in [-0.2, -0.15) is 0 Å². The van der Waals surface area contributed by atoms with E-state index in [2.05, 4.69) is 20.2 Å². The number of aromatic nitrogens is 2. The number of carbonyl (C=O) groups excluding carboxylic acids is 1. The highest BCUT2D eigenvalue weighted by molar-refractivity contribution is 5.91. The van der Waals surface area contributed by atoms with Crippen LogP contribution in [-0.4, -0.2) is 42.2 Å². The second-order valence-corrected chi connectivity index (χ2v) is 5.42. The van der Waals surface area contributed by atoms with Crippen LogP contribution in [-0.2, 0) is 16.1 Å². The van der Waals surface area contributed by atoms with E-state index in [0.29, 0.717) is 19.8 Å². The quantitative estimate of drug-likeness (QED) is 0.847. The Morgan fingerprint density at radius 3 is 2.88 bits per heavy atom. The summed E-state index contributed by atoms with van der Waals surface area (Å²) in [5, 5.41) is 2.90. The SMILES string of the molecule is O=C(/C=C/c1cccnc1)NCc1cccnc1N1CCOCC1. The molecule has 1 saturated heterocycles. The van der Waals surface area contributed by atoms with Gasteiger partial charge in [0.05, 0.1) is 13.2 Å². The van der Waals surface area contributed by atoms with Crippen molar-refractivity contribution in [2.75, 3.05) is 31.2 Å². The molecule has 0 aromatic carbocycles. The first kappa shape index (κ1) is 16.1. The molecule has 0 atom stereocenters. The molecule has 1 amide bonds. The van der Waals surface area contributed by atoms with Gasteiger partial charge in [-0.3, -0.25) is 9.78 Å². The van der Waals surface area contributed by atoms with Crippen molar-refractivity contribution in [1.29, 1.82) is 0 Å². The number of hydrogen-bond acceptors (Lipinski definition) is 5. The molecule has 24 heavy (non-hydrogen) atoms. The van der Waals surface area contributed by atoms with E-state index in [-0.39, 0.29) is 5.91 Å². The molecule has 2 aromatic rings. The zero-order valence-electron chi connectivity index (χ0n) is 13.4. The molecule has 0 aliphatic carbocycles. The maximum Gasteiger partial charge on any atom is 0.244 e. The monoisotopic (exact) mass is 324 g/mol. The van der Waals surface area contributed by atoms with Crippen molar-refractivity contribution in [2.24, 2.45) is 0 Å². The minimum absolute atomic E-state index is 0.143. The van der Waals surface area contributed by atoms with Crippen LogP contribution in [0.3, 0.4) is 0 Å². The molecule has 0 saturated carbocycles. The third kappa shape index (κ3) is 4.39. The summed E-state index contributed by atoms with van der Waals surface area (Å²) in [7, 11) is 0. The van der Waals surface area contributed by atoms with Crippen LogP contribution in [0.2, 0.25) is 0 Å². The van der Waals surface area contributed by atoms with E-state index >= 15 is 0 Å². The van der Waals surface area contributed by atoms with Gasteiger partial charge in [0.15, 0.2) is 0 Å². The number of nitrogens with zero attached hydrogens (tertiary/aromatic N) is 3. The molecule has 3 heterocycles. The molecular formula is C18H20N4O2. The fourth-order valence-electron chi connectivity index (χ4n) is 2.52. The lowest BCUT2D eigenvalue weighted by molar-refractivity contribution is -0.116. The molecule has 124 valence electrons. The number of rotatable bonds is 5. The average Bonchev–Trinajstić information content (AvgIpc) is 2.66. The van der Waals surface area contributed by atoms with Crippen molar-refractivity contribution in [3.05, 3.63) is 60.1 Å². The lowest BCUT2D eigenvalue weighted by Crippen LogP contribution is -2.37. The molecule has 0 unspecified atom stereocenters. The smallest absolute Gasteiger partial charge is 0.244 e. The van der Waals surface area contributed by atoms with E-state index in [1.54, 1.807) is 24.7 Å². The fourth-order valence-corrected chi connectivity index (χ4v) is 2.52. The van der Waals surface area contributed by atoms with Gasteiger partial charge in [-0.1, -0.05) is 12.1 Å². The van der Waals surface area contributed by atoms with Crippen LogP contribution in [0.1, 0.15) is 11.1 Å². The van der Waals surface area contributed by atoms with Gasteiger partial charge in [-0.25, -0.2) is 4.98 Å². The average molecular weight is 324 g/mol. The summed E-state index contributed by atoms with van der Waals surface area (Å²) in [6.07, 6.45) is 8.45. The van der Waals surface area contributed by atoms with Gasteiger partial charge in [0.25, 0.3) is 0 Å². The van der Waals surface area contributed by atoms with E-state index < -0.39 is 0 Å². The summed E-state index contributed by atoms with van der Waals surface area (Å²) >= 11 is 0. The summed E-state index contributed by atoms with van der Waals surface area (Å²) < 4.78 is 5.38. The Hall–Kier alpha value is -2.73. The van der Waals surface area contributed by atoms with Crippen LogP contribution in [0.4, 0.5) is 5.82 Å². The van der Waals surface area contributed by atoms with E-state index in [0.717, 1.165) is 30.0 Å². The lowest BCUT2D eigenvalue weighted by atomic mass is 10.2. The van der Waals surface area contributed by atoms with Gasteiger partial charge in [-0.15, -0.1) is 0 Å². The lowest BCUT2D eigenvalue weighted by Gasteiger charge is -2.29. The second-order valence-electron chi connectivity index (χ2n) is 5.42. The highest BCUT2D eigenvalue weighted by Crippen LogP contribution is 2.18. The molecule has 3 rings (SSSR count). The zero-order chi connectivity index (χ0) is 16.6. The number of ether oxygens (including phenoxy) is 1. The third-order valence-corrected chi connectivity index (χ3v) is 3.74. The largest absolute Gasteiger partial charge is 0.378 e. The maximum absolute atomic E-state index is 12.0. The minimum atomic E-state index is -0.143. The summed E-state index contributed by atoms with van der Waals surface area (Å²) in [6.45, 7) is 3.49. The first-order valence-corrected chi connectivity index (χ1v) is 7.95. The number of nitrogens with one attached hydrogen (secondary N) is 1. The van der Waals surface area contributed by atoms with Crippen LogP contribution in [0.25, 0.3) is 6.08 Å². The maximum atomic E-state index is 12.0. The fraction of sp³-hybridized carbons (Fsp3) is 0.278. The highest BCUT2D eigenvalue weighted by atomic mass is 16.5. The van der Waals surface area contributed by atoms with Crippen LogP contribution in [0.5, 0.6) is 0 Å². The van der Waals surface area contributed by atoms with Crippen molar-refractivity contribution >= 4 is 17.8 Å². The van der Waals surface area contributed by atoms with E-state index in [4.69, 9.17) is 4.74 Å². The predicted octanol–water partition coefficient (Wildman–Crippen LogP) is 1.64. The van der Waals surface area contributed by atoms with Crippen molar-refractivity contribution in [3.8, 4) is 0 Å². The van der Waals surface area contributed by atoms with E-state index in [1.807, 2.05) is 24.3 Å². The second kappa shape index (κ2) is 8.21. The van der Waals surface area contributed by atoms with Gasteiger partial charge >= 0.3 is 0 Å². The normalized spacial score (nSPS) is 14.8. The van der Waals surface area contributed by atoms with Crippen LogP contribution in [0, 0.1) is 0 Å². The Kier molecular flexibility index (Phi) is 5.52. The van der Waals surface area contributed by atoms with Gasteiger partial charge in [0.1, 0.15) is 5.82 Å². The van der Waals surface area contributed by atoms with Gasteiger partial charge in [0, 0.05) is 49.9 Å². The van der Waals surface area contributed by atoms with Crippen LogP contribution >= 0.6 is 0 Å². The number of hydrogen-bond donors (Lipinski definition) is 1. The molecule has 1 N–H and O–H groups in total. The van der Waals surface area contributed by atoms with Crippen LogP contribution in [0.15, 0.2) is 48.9 Å². The third-order valence-electron chi connectivity index (χ3n) is 3.74. The van der Waals surface area contributed by atoms with Crippen molar-refractivity contribution in [1.82, 2.24) is 15.3 Å². The van der Waals surface area contributed by atoms with Gasteiger partial charge < -0.3 is 15.0 Å². The number of morpholine rings is 1. The molecule has 0 radical (unpaired) electrons. The molecule has 1 aliphatic heterocycles. The molecular weight excluding hydrogens is 304 g/mol. The number of pyridine rings is 2. The van der Waals surface area contributed by atoms with Crippen molar-refractivity contribution < 1.29 is 9.53 Å². The molecule has 0 spiro atoms. The number of anilines is 1. The highest BCUT2D eigenvalue weighted by Gasteiger charge is 2.15. The molecule has 1 aliphatic rings. The topological polar surface area (TPSA) is 67.4 Å². The molecule has 0 bridgehead atoms. The molecule has 6 nitrogen and oxygen atoms in total. The molecule has 6 heteroatoms. The summed E-state index contributed by atoms with van der Waals surface area (Å²) in [5.74, 6) is 0.771. The number of carbonyl (C=O) groups is 1. The molecule has 2 aromatic heterocycles. The first-order valence-electron chi connectivity index (χ1n) is 7.95.